The highest BCUT2D eigenvalue weighted by molar-refractivity contribution is 8.00. The summed E-state index contributed by atoms with van der Waals surface area (Å²) in [5.41, 5.74) is 1.83. The lowest BCUT2D eigenvalue weighted by molar-refractivity contribution is -0.133. The lowest BCUT2D eigenvalue weighted by atomic mass is 10.2. The molecule has 0 unspecified atom stereocenters. The van der Waals surface area contributed by atoms with E-state index in [0.29, 0.717) is 17.1 Å². The molecule has 2 N–H and O–H groups in total. The van der Waals surface area contributed by atoms with Crippen LogP contribution in [0.3, 0.4) is 0 Å². The van der Waals surface area contributed by atoms with Gasteiger partial charge in [0.05, 0.1) is 4.90 Å². The van der Waals surface area contributed by atoms with E-state index in [1.54, 1.807) is 6.92 Å². The zero-order valence-corrected chi connectivity index (χ0v) is 17.6. The van der Waals surface area contributed by atoms with Gasteiger partial charge in [-0.15, -0.1) is 0 Å². The zero-order chi connectivity index (χ0) is 21.9. The number of hydroxylamine groups is 1. The Hall–Kier alpha value is -2.21. The molecule has 11 heteroatoms. The molecule has 1 saturated heterocycles. The monoisotopic (exact) mass is 458 g/mol. The van der Waals surface area contributed by atoms with E-state index in [1.165, 1.54) is 41.5 Å². The van der Waals surface area contributed by atoms with E-state index in [2.05, 4.69) is 0 Å². The zero-order valence-electron chi connectivity index (χ0n) is 15.9. The van der Waals surface area contributed by atoms with E-state index in [-0.39, 0.29) is 23.3 Å². The van der Waals surface area contributed by atoms with Crippen molar-refractivity contribution in [3.05, 3.63) is 59.7 Å². The van der Waals surface area contributed by atoms with Gasteiger partial charge in [-0.05, 0) is 42.0 Å². The Morgan fingerprint density at radius 3 is 2.47 bits per heavy atom. The van der Waals surface area contributed by atoms with E-state index in [4.69, 9.17) is 9.94 Å². The van der Waals surface area contributed by atoms with E-state index in [9.17, 15) is 22.0 Å². The van der Waals surface area contributed by atoms with Gasteiger partial charge in [0.25, 0.3) is 5.91 Å². The Morgan fingerprint density at radius 1 is 1.23 bits per heavy atom. The summed E-state index contributed by atoms with van der Waals surface area (Å²) in [5, 5.41) is 8.65. The van der Waals surface area contributed by atoms with Gasteiger partial charge in [0.2, 0.25) is 10.0 Å². The van der Waals surface area contributed by atoms with Crippen LogP contribution in [0.2, 0.25) is 0 Å². The quantitative estimate of drug-likeness (QED) is 0.510. The Labute approximate surface area is 177 Å². The fourth-order valence-corrected chi connectivity index (χ4v) is 6.16. The first kappa shape index (κ1) is 22.5. The van der Waals surface area contributed by atoms with Crippen molar-refractivity contribution in [1.82, 2.24) is 9.79 Å². The van der Waals surface area contributed by atoms with Crippen molar-refractivity contribution >= 4 is 27.7 Å². The van der Waals surface area contributed by atoms with E-state index in [1.807, 2.05) is 0 Å². The molecule has 1 amide bonds. The first-order chi connectivity index (χ1) is 14.2. The molecule has 0 saturated carbocycles. The molecule has 1 fully saturated rings. The SMILES string of the molecule is C[C@@H]1SCCN(S(=O)(=O)c2ccc(OCc3cc(F)cc(F)c3)cc2)[C@@H]1C(=O)NO. The summed E-state index contributed by atoms with van der Waals surface area (Å²) in [7, 11) is -4.00. The van der Waals surface area contributed by atoms with Crippen molar-refractivity contribution in [2.75, 3.05) is 12.3 Å². The Morgan fingerprint density at radius 2 is 1.87 bits per heavy atom. The van der Waals surface area contributed by atoms with Crippen molar-refractivity contribution in [3.8, 4) is 5.75 Å². The summed E-state index contributed by atoms with van der Waals surface area (Å²) in [6.45, 7) is 1.75. The third kappa shape index (κ3) is 4.91. The predicted octanol–water partition coefficient (Wildman–Crippen LogP) is 2.54. The van der Waals surface area contributed by atoms with Crippen LogP contribution in [0.25, 0.3) is 0 Å². The van der Waals surface area contributed by atoms with Gasteiger partial charge in [0.1, 0.15) is 30.0 Å². The van der Waals surface area contributed by atoms with Gasteiger partial charge in [-0.1, -0.05) is 6.92 Å². The minimum Gasteiger partial charge on any atom is -0.489 e. The number of nitrogens with one attached hydrogen (secondary N) is 1. The number of amides is 1. The summed E-state index contributed by atoms with van der Waals surface area (Å²) in [6, 6.07) is 7.50. The van der Waals surface area contributed by atoms with E-state index < -0.39 is 33.6 Å². The average molecular weight is 459 g/mol. The Balaban J connectivity index is 1.76. The lowest BCUT2D eigenvalue weighted by Crippen LogP contribution is -2.56. The molecule has 2 aromatic rings. The van der Waals surface area contributed by atoms with Gasteiger partial charge in [-0.3, -0.25) is 10.0 Å². The molecule has 0 radical (unpaired) electrons. The number of carbonyl (C=O) groups excluding carboxylic acids is 1. The van der Waals surface area contributed by atoms with Crippen LogP contribution in [0.5, 0.6) is 5.75 Å². The first-order valence-corrected chi connectivity index (χ1v) is 11.5. The van der Waals surface area contributed by atoms with Gasteiger partial charge in [0.15, 0.2) is 0 Å². The number of hydrogen-bond donors (Lipinski definition) is 2. The predicted molar refractivity (Wildman–Crippen MR) is 107 cm³/mol. The van der Waals surface area contributed by atoms with Gasteiger partial charge >= 0.3 is 0 Å². The summed E-state index contributed by atoms with van der Waals surface area (Å²) < 4.78 is 59.1. The molecule has 0 spiro atoms. The van der Waals surface area contributed by atoms with Gasteiger partial charge in [-0.25, -0.2) is 22.7 Å². The number of rotatable bonds is 6. The smallest absolute Gasteiger partial charge is 0.262 e. The highest BCUT2D eigenvalue weighted by atomic mass is 32.2. The van der Waals surface area contributed by atoms with Crippen molar-refractivity contribution in [2.45, 2.75) is 29.7 Å². The molecule has 1 aliphatic heterocycles. The molecule has 1 heterocycles. The van der Waals surface area contributed by atoms with E-state index in [0.717, 1.165) is 22.5 Å². The molecule has 2 aromatic carbocycles. The van der Waals surface area contributed by atoms with Crippen LogP contribution < -0.4 is 10.2 Å². The fourth-order valence-electron chi connectivity index (χ4n) is 3.18. The van der Waals surface area contributed by atoms with Crippen LogP contribution in [-0.2, 0) is 21.4 Å². The van der Waals surface area contributed by atoms with Gasteiger partial charge in [-0.2, -0.15) is 16.1 Å². The lowest BCUT2D eigenvalue weighted by Gasteiger charge is -2.36. The summed E-state index contributed by atoms with van der Waals surface area (Å²) in [5.74, 6) is -1.40. The second-order valence-corrected chi connectivity index (χ2v) is 10.0. The Bertz CT molecular complexity index is 998. The largest absolute Gasteiger partial charge is 0.489 e. The third-order valence-corrected chi connectivity index (χ3v) is 7.68. The van der Waals surface area contributed by atoms with Crippen molar-refractivity contribution in [2.24, 2.45) is 0 Å². The molecule has 0 aliphatic carbocycles. The van der Waals surface area contributed by atoms with Crippen molar-refractivity contribution < 1.29 is 31.9 Å². The van der Waals surface area contributed by atoms with Crippen LogP contribution in [-0.4, -0.2) is 47.4 Å². The number of nitrogens with zero attached hydrogens (tertiary/aromatic N) is 1. The Kier molecular flexibility index (Phi) is 6.96. The normalized spacial score (nSPS) is 20.0. The summed E-state index contributed by atoms with van der Waals surface area (Å²) in [6.07, 6.45) is 0. The van der Waals surface area contributed by atoms with Crippen molar-refractivity contribution in [1.29, 1.82) is 0 Å². The highest BCUT2D eigenvalue weighted by Crippen LogP contribution is 2.30. The molecule has 162 valence electrons. The van der Waals surface area contributed by atoms with Gasteiger partial charge < -0.3 is 4.74 Å². The number of hydrogen-bond acceptors (Lipinski definition) is 6. The van der Waals surface area contributed by atoms with Crippen molar-refractivity contribution in [3.63, 3.8) is 0 Å². The number of thioether (sulfide) groups is 1. The number of benzene rings is 2. The van der Waals surface area contributed by atoms with Crippen LogP contribution in [0.15, 0.2) is 47.4 Å². The third-order valence-electron chi connectivity index (χ3n) is 4.58. The van der Waals surface area contributed by atoms with Crippen LogP contribution in [0.4, 0.5) is 8.78 Å². The molecule has 2 atom stereocenters. The maximum Gasteiger partial charge on any atom is 0.262 e. The standard InChI is InChI=1S/C19H20F2N2O5S2/c1-12-18(19(24)22-25)23(6-7-29-12)30(26,27)17-4-2-16(3-5-17)28-11-13-8-14(20)10-15(21)9-13/h2-5,8-10,12,18,25H,6-7,11H2,1H3,(H,22,24)/t12-,18-/m0/s1. The molecule has 3 rings (SSSR count). The average Bonchev–Trinajstić information content (AvgIpc) is 2.71. The second kappa shape index (κ2) is 9.29. The molecule has 0 bridgehead atoms. The summed E-state index contributed by atoms with van der Waals surface area (Å²) >= 11 is 1.44. The van der Waals surface area contributed by atoms with Crippen LogP contribution in [0, 0.1) is 11.6 Å². The molecular weight excluding hydrogens is 438 g/mol. The maximum absolute atomic E-state index is 13.2. The number of sulfonamides is 1. The minimum atomic E-state index is -4.00. The second-order valence-electron chi connectivity index (χ2n) is 6.65. The number of ether oxygens (including phenoxy) is 1. The molecule has 30 heavy (non-hydrogen) atoms. The minimum absolute atomic E-state index is 0.0403. The molecule has 7 nitrogen and oxygen atoms in total. The van der Waals surface area contributed by atoms with Gasteiger partial charge in [0, 0.05) is 23.6 Å². The van der Waals surface area contributed by atoms with Crippen LogP contribution in [0.1, 0.15) is 12.5 Å². The molecular formula is C19H20F2N2O5S2. The fraction of sp³-hybridized carbons (Fsp3) is 0.316. The molecule has 1 aliphatic rings. The van der Waals surface area contributed by atoms with E-state index >= 15 is 0 Å². The maximum atomic E-state index is 13.2. The number of halogens is 2. The van der Waals surface area contributed by atoms with Crippen LogP contribution >= 0.6 is 11.8 Å². The molecule has 0 aromatic heterocycles. The highest BCUT2D eigenvalue weighted by Gasteiger charge is 2.41. The first-order valence-electron chi connectivity index (χ1n) is 8.97. The topological polar surface area (TPSA) is 95.9 Å². The summed E-state index contributed by atoms with van der Waals surface area (Å²) in [4.78, 5) is 12.0. The number of carbonyl (C=O) groups is 1.